The molecule has 0 atom stereocenters. The number of hydrogen-bond donors (Lipinski definition) is 1. The van der Waals surface area contributed by atoms with E-state index in [1.165, 1.54) is 13.3 Å². The molecule has 1 aromatic heterocycles. The second kappa shape index (κ2) is 6.00. The number of methoxy groups -OCH3 is 1. The van der Waals surface area contributed by atoms with Crippen molar-refractivity contribution >= 4 is 17.4 Å². The maximum Gasteiger partial charge on any atom is 0.441 e. The molecular formula is C10H13F3N2OS. The molecule has 1 aromatic rings. The summed E-state index contributed by atoms with van der Waals surface area (Å²) in [6.07, 6.45) is 1.54. The Bertz CT molecular complexity index is 371. The summed E-state index contributed by atoms with van der Waals surface area (Å²) in [5.41, 5.74) is -2.75. The van der Waals surface area contributed by atoms with Crippen LogP contribution in [0.25, 0.3) is 0 Å². The number of aromatic nitrogens is 1. The highest BCUT2D eigenvalue weighted by Gasteiger charge is 2.27. The van der Waals surface area contributed by atoms with Gasteiger partial charge in [-0.25, -0.2) is 0 Å². The van der Waals surface area contributed by atoms with Crippen molar-refractivity contribution in [3.63, 3.8) is 0 Å². The standard InChI is InChI=1S/C10H13F3N2OS/c1-7-5-8(9(16-2)6-15-7)14-3-4-17-10(11,12)13/h5-6H,3-4H2,1-2H3,(H,14,15). The first-order chi connectivity index (χ1) is 7.92. The zero-order valence-electron chi connectivity index (χ0n) is 9.47. The Kier molecular flexibility index (Phi) is 4.92. The molecule has 0 spiro atoms. The number of nitrogens with one attached hydrogen (secondary N) is 1. The van der Waals surface area contributed by atoms with E-state index in [9.17, 15) is 13.2 Å². The minimum atomic E-state index is -4.18. The van der Waals surface area contributed by atoms with Crippen molar-refractivity contribution in [2.45, 2.75) is 12.4 Å². The van der Waals surface area contributed by atoms with Crippen molar-refractivity contribution in [1.82, 2.24) is 4.98 Å². The van der Waals surface area contributed by atoms with E-state index in [0.717, 1.165) is 5.69 Å². The van der Waals surface area contributed by atoms with E-state index < -0.39 is 5.51 Å². The Morgan fingerprint density at radius 1 is 1.47 bits per heavy atom. The molecular weight excluding hydrogens is 253 g/mol. The van der Waals surface area contributed by atoms with Crippen LogP contribution in [0.3, 0.4) is 0 Å². The predicted molar refractivity (Wildman–Crippen MR) is 62.5 cm³/mol. The molecule has 0 unspecified atom stereocenters. The third-order valence-electron chi connectivity index (χ3n) is 1.91. The maximum atomic E-state index is 11.9. The lowest BCUT2D eigenvalue weighted by Crippen LogP contribution is -2.10. The largest absolute Gasteiger partial charge is 0.493 e. The van der Waals surface area contributed by atoms with Crippen molar-refractivity contribution in [1.29, 1.82) is 0 Å². The van der Waals surface area contributed by atoms with Crippen LogP contribution < -0.4 is 10.1 Å². The molecule has 1 rings (SSSR count). The number of nitrogens with zero attached hydrogens (tertiary/aromatic N) is 1. The molecule has 0 amide bonds. The highest BCUT2D eigenvalue weighted by Crippen LogP contribution is 2.30. The lowest BCUT2D eigenvalue weighted by Gasteiger charge is -2.11. The Morgan fingerprint density at radius 2 is 2.18 bits per heavy atom. The van der Waals surface area contributed by atoms with Crippen LogP contribution in [0, 0.1) is 6.92 Å². The predicted octanol–water partition coefficient (Wildman–Crippen LogP) is 3.06. The summed E-state index contributed by atoms with van der Waals surface area (Å²) in [5.74, 6) is 0.473. The van der Waals surface area contributed by atoms with Gasteiger partial charge in [0.2, 0.25) is 0 Å². The van der Waals surface area contributed by atoms with Gasteiger partial charge < -0.3 is 10.1 Å². The van der Waals surface area contributed by atoms with Gasteiger partial charge in [0, 0.05) is 18.0 Å². The monoisotopic (exact) mass is 266 g/mol. The number of thioether (sulfide) groups is 1. The molecule has 0 aromatic carbocycles. The average Bonchev–Trinajstić information content (AvgIpc) is 2.23. The van der Waals surface area contributed by atoms with Crippen LogP contribution in [0.15, 0.2) is 12.3 Å². The fourth-order valence-electron chi connectivity index (χ4n) is 1.20. The fraction of sp³-hybridized carbons (Fsp3) is 0.500. The molecule has 0 bridgehead atoms. The normalized spacial score (nSPS) is 11.4. The number of hydrogen-bond acceptors (Lipinski definition) is 4. The van der Waals surface area contributed by atoms with E-state index in [1.807, 2.05) is 0 Å². The van der Waals surface area contributed by atoms with Gasteiger partial charge in [0.05, 0.1) is 19.0 Å². The van der Waals surface area contributed by atoms with Gasteiger partial charge in [0.25, 0.3) is 0 Å². The van der Waals surface area contributed by atoms with Crippen LogP contribution >= 0.6 is 11.8 Å². The summed E-state index contributed by atoms with van der Waals surface area (Å²) in [5, 5.41) is 2.89. The second-order valence-electron chi connectivity index (χ2n) is 3.25. The van der Waals surface area contributed by atoms with E-state index >= 15 is 0 Å². The fourth-order valence-corrected chi connectivity index (χ4v) is 1.64. The van der Waals surface area contributed by atoms with Gasteiger partial charge in [0.15, 0.2) is 5.75 Å². The Labute approximate surface area is 102 Å². The Balaban J connectivity index is 2.48. The minimum absolute atomic E-state index is 0.0476. The van der Waals surface area contributed by atoms with Gasteiger partial charge in [-0.3, -0.25) is 4.98 Å². The molecule has 7 heteroatoms. The Hall–Kier alpha value is -1.11. The first kappa shape index (κ1) is 14.0. The van der Waals surface area contributed by atoms with Gasteiger partial charge in [0.1, 0.15) is 0 Å². The summed E-state index contributed by atoms with van der Waals surface area (Å²) in [4.78, 5) is 4.03. The van der Waals surface area contributed by atoms with Crippen molar-refractivity contribution in [3.05, 3.63) is 18.0 Å². The lowest BCUT2D eigenvalue weighted by atomic mass is 10.3. The number of pyridine rings is 1. The highest BCUT2D eigenvalue weighted by molar-refractivity contribution is 8.00. The number of aryl methyl sites for hydroxylation is 1. The van der Waals surface area contributed by atoms with Crippen molar-refractivity contribution in [3.8, 4) is 5.75 Å². The summed E-state index contributed by atoms with van der Waals surface area (Å²) in [6.45, 7) is 2.01. The molecule has 0 aliphatic rings. The number of anilines is 1. The number of ether oxygens (including phenoxy) is 1. The summed E-state index contributed by atoms with van der Waals surface area (Å²) in [7, 11) is 1.49. The molecule has 1 heterocycles. The van der Waals surface area contributed by atoms with Gasteiger partial charge in [-0.05, 0) is 24.8 Å². The van der Waals surface area contributed by atoms with E-state index in [2.05, 4.69) is 10.3 Å². The van der Waals surface area contributed by atoms with E-state index in [1.54, 1.807) is 13.0 Å². The van der Waals surface area contributed by atoms with E-state index in [-0.39, 0.29) is 24.1 Å². The van der Waals surface area contributed by atoms with Crippen LogP contribution in [0.5, 0.6) is 5.75 Å². The quantitative estimate of drug-likeness (QED) is 0.831. The van der Waals surface area contributed by atoms with E-state index in [0.29, 0.717) is 11.4 Å². The first-order valence-corrected chi connectivity index (χ1v) is 5.86. The zero-order chi connectivity index (χ0) is 12.9. The number of rotatable bonds is 5. The lowest BCUT2D eigenvalue weighted by molar-refractivity contribution is -0.0327. The van der Waals surface area contributed by atoms with Gasteiger partial charge in [-0.15, -0.1) is 0 Å². The second-order valence-corrected chi connectivity index (χ2v) is 4.41. The molecule has 0 aliphatic heterocycles. The maximum absolute atomic E-state index is 11.9. The summed E-state index contributed by atoms with van der Waals surface area (Å²) < 4.78 is 40.7. The first-order valence-electron chi connectivity index (χ1n) is 4.87. The van der Waals surface area contributed by atoms with Gasteiger partial charge >= 0.3 is 5.51 Å². The Morgan fingerprint density at radius 3 is 2.76 bits per heavy atom. The van der Waals surface area contributed by atoms with Gasteiger partial charge in [-0.2, -0.15) is 13.2 Å². The molecule has 3 nitrogen and oxygen atoms in total. The molecule has 0 aliphatic carbocycles. The van der Waals surface area contributed by atoms with Crippen molar-refractivity contribution in [2.75, 3.05) is 24.7 Å². The molecule has 96 valence electrons. The van der Waals surface area contributed by atoms with Crippen LogP contribution in [0.1, 0.15) is 5.69 Å². The number of alkyl halides is 3. The molecule has 0 saturated carbocycles. The summed E-state index contributed by atoms with van der Waals surface area (Å²) in [6, 6.07) is 1.73. The zero-order valence-corrected chi connectivity index (χ0v) is 10.3. The third-order valence-corrected chi connectivity index (χ3v) is 2.64. The average molecular weight is 266 g/mol. The summed E-state index contributed by atoms with van der Waals surface area (Å²) >= 11 is -0.0485. The molecule has 0 fully saturated rings. The molecule has 17 heavy (non-hydrogen) atoms. The van der Waals surface area contributed by atoms with Crippen LogP contribution in [-0.2, 0) is 0 Å². The third kappa shape index (κ3) is 5.16. The number of halogens is 3. The van der Waals surface area contributed by atoms with Crippen LogP contribution in [-0.4, -0.2) is 29.9 Å². The minimum Gasteiger partial charge on any atom is -0.493 e. The molecule has 1 N–H and O–H groups in total. The SMILES string of the molecule is COc1cnc(C)cc1NCCSC(F)(F)F. The highest BCUT2D eigenvalue weighted by atomic mass is 32.2. The van der Waals surface area contributed by atoms with Crippen molar-refractivity contribution < 1.29 is 17.9 Å². The van der Waals surface area contributed by atoms with E-state index in [4.69, 9.17) is 4.74 Å². The molecule has 0 saturated heterocycles. The van der Waals surface area contributed by atoms with Crippen LogP contribution in [0.2, 0.25) is 0 Å². The van der Waals surface area contributed by atoms with Gasteiger partial charge in [-0.1, -0.05) is 0 Å². The topological polar surface area (TPSA) is 34.1 Å². The smallest absolute Gasteiger partial charge is 0.441 e. The molecule has 0 radical (unpaired) electrons. The van der Waals surface area contributed by atoms with Crippen LogP contribution in [0.4, 0.5) is 18.9 Å². The van der Waals surface area contributed by atoms with Crippen molar-refractivity contribution in [2.24, 2.45) is 0 Å².